The van der Waals surface area contributed by atoms with Gasteiger partial charge in [-0.2, -0.15) is 5.10 Å². The summed E-state index contributed by atoms with van der Waals surface area (Å²) in [6.45, 7) is -0.198. The van der Waals surface area contributed by atoms with Gasteiger partial charge in [-0.25, -0.2) is 9.67 Å². The molecule has 0 fully saturated rings. The Bertz CT molecular complexity index is 892. The molecule has 0 atom stereocenters. The van der Waals surface area contributed by atoms with E-state index in [1.807, 2.05) is 12.1 Å². The zero-order valence-electron chi connectivity index (χ0n) is 11.8. The van der Waals surface area contributed by atoms with Gasteiger partial charge >= 0.3 is 0 Å². The van der Waals surface area contributed by atoms with Gasteiger partial charge in [-0.3, -0.25) is 9.59 Å². The number of hydrogen-bond donors (Lipinski definition) is 1. The fraction of sp³-hybridized carbons (Fsp3) is 0.0667. The molecule has 0 radical (unpaired) electrons. The molecule has 1 aromatic carbocycles. The maximum absolute atomic E-state index is 12.0. The number of halogens is 1. The first kappa shape index (κ1) is 15.4. The van der Waals surface area contributed by atoms with Crippen LogP contribution < -0.4 is 10.9 Å². The molecule has 0 spiro atoms. The lowest BCUT2D eigenvalue weighted by Gasteiger charge is -2.08. The molecule has 6 nitrogen and oxygen atoms in total. The lowest BCUT2D eigenvalue weighted by Crippen LogP contribution is -2.29. The summed E-state index contributed by atoms with van der Waals surface area (Å²) in [7, 11) is 0. The molecule has 1 amide bonds. The number of nitrogens with one attached hydrogen (secondary N) is 1. The van der Waals surface area contributed by atoms with E-state index in [9.17, 15) is 9.59 Å². The van der Waals surface area contributed by atoms with Crippen molar-refractivity contribution < 1.29 is 4.79 Å². The van der Waals surface area contributed by atoms with Crippen molar-refractivity contribution in [1.82, 2.24) is 14.8 Å². The Morgan fingerprint density at radius 3 is 2.83 bits per heavy atom. The van der Waals surface area contributed by atoms with Crippen LogP contribution in [0, 0.1) is 0 Å². The average molecular weight is 347 g/mol. The summed E-state index contributed by atoms with van der Waals surface area (Å²) in [5, 5.41) is 9.58. The largest absolute Gasteiger partial charge is 0.300 e. The molecule has 2 heterocycles. The van der Waals surface area contributed by atoms with Crippen LogP contribution >= 0.6 is 22.9 Å². The van der Waals surface area contributed by atoms with Crippen molar-refractivity contribution in [2.24, 2.45) is 0 Å². The highest BCUT2D eigenvalue weighted by Gasteiger charge is 2.10. The molecule has 0 aliphatic carbocycles. The highest BCUT2D eigenvalue weighted by molar-refractivity contribution is 7.13. The van der Waals surface area contributed by atoms with Crippen molar-refractivity contribution in [2.75, 3.05) is 5.32 Å². The molecular formula is C15H11ClN4O2S. The molecule has 8 heteroatoms. The minimum Gasteiger partial charge on any atom is -0.300 e. The number of aromatic nitrogens is 3. The highest BCUT2D eigenvalue weighted by Crippen LogP contribution is 2.24. The fourth-order valence-electron chi connectivity index (χ4n) is 1.95. The molecule has 3 rings (SSSR count). The van der Waals surface area contributed by atoms with E-state index in [4.69, 9.17) is 11.6 Å². The molecule has 3 aromatic rings. The Hall–Kier alpha value is -2.51. The lowest BCUT2D eigenvalue weighted by molar-refractivity contribution is -0.117. The van der Waals surface area contributed by atoms with Gasteiger partial charge in [0.05, 0.1) is 10.7 Å². The number of benzene rings is 1. The monoisotopic (exact) mass is 346 g/mol. The van der Waals surface area contributed by atoms with Crippen molar-refractivity contribution in [3.63, 3.8) is 0 Å². The molecule has 1 N–H and O–H groups in total. The molecule has 0 bridgehead atoms. The second-order valence-electron chi connectivity index (χ2n) is 4.58. The van der Waals surface area contributed by atoms with Crippen LogP contribution in [0.4, 0.5) is 5.13 Å². The average Bonchev–Trinajstić information content (AvgIpc) is 3.03. The van der Waals surface area contributed by atoms with E-state index in [1.54, 1.807) is 29.8 Å². The molecular weight excluding hydrogens is 336 g/mol. The molecule has 0 unspecified atom stereocenters. The summed E-state index contributed by atoms with van der Waals surface area (Å²) in [4.78, 5) is 27.8. The number of anilines is 1. The highest BCUT2D eigenvalue weighted by atomic mass is 35.5. The molecule has 116 valence electrons. The summed E-state index contributed by atoms with van der Waals surface area (Å²) in [5.74, 6) is -0.370. The topological polar surface area (TPSA) is 76.9 Å². The first-order valence-corrected chi connectivity index (χ1v) is 7.91. The van der Waals surface area contributed by atoms with Crippen LogP contribution in [0.3, 0.4) is 0 Å². The molecule has 0 saturated heterocycles. The van der Waals surface area contributed by atoms with Gasteiger partial charge in [0.1, 0.15) is 6.54 Å². The van der Waals surface area contributed by atoms with Crippen LogP contribution in [-0.4, -0.2) is 20.7 Å². The zero-order valence-corrected chi connectivity index (χ0v) is 13.3. The fourth-order valence-corrected chi connectivity index (χ4v) is 2.73. The van der Waals surface area contributed by atoms with Crippen molar-refractivity contribution in [3.8, 4) is 11.3 Å². The van der Waals surface area contributed by atoms with Gasteiger partial charge in [0, 0.05) is 23.2 Å². The van der Waals surface area contributed by atoms with Crippen molar-refractivity contribution in [1.29, 1.82) is 0 Å². The zero-order chi connectivity index (χ0) is 16.2. The van der Waals surface area contributed by atoms with E-state index in [2.05, 4.69) is 15.4 Å². The quantitative estimate of drug-likeness (QED) is 0.788. The standard InChI is InChI=1S/C15H11ClN4O2S/c16-11-4-2-1-3-10(11)12-5-6-14(22)20(19-12)9-13(21)18-15-17-7-8-23-15/h1-8H,9H2,(H,17,18,21). The summed E-state index contributed by atoms with van der Waals surface area (Å²) in [5.41, 5.74) is 0.857. The Morgan fingerprint density at radius 1 is 1.26 bits per heavy atom. The summed E-state index contributed by atoms with van der Waals surface area (Å²) >= 11 is 7.44. The number of rotatable bonds is 4. The molecule has 23 heavy (non-hydrogen) atoms. The molecule has 2 aromatic heterocycles. The van der Waals surface area contributed by atoms with Crippen LogP contribution in [0.5, 0.6) is 0 Å². The Balaban J connectivity index is 1.85. The van der Waals surface area contributed by atoms with E-state index in [-0.39, 0.29) is 18.0 Å². The lowest BCUT2D eigenvalue weighted by atomic mass is 10.1. The number of hydrogen-bond acceptors (Lipinski definition) is 5. The number of amides is 1. The van der Waals surface area contributed by atoms with Gasteiger partial charge in [-0.05, 0) is 12.1 Å². The van der Waals surface area contributed by atoms with Crippen LogP contribution in [0.25, 0.3) is 11.3 Å². The Morgan fingerprint density at radius 2 is 2.09 bits per heavy atom. The van der Waals surface area contributed by atoms with Gasteiger partial charge < -0.3 is 5.32 Å². The van der Waals surface area contributed by atoms with Crippen molar-refractivity contribution in [3.05, 3.63) is 63.4 Å². The van der Waals surface area contributed by atoms with Crippen LogP contribution in [0.1, 0.15) is 0 Å². The van der Waals surface area contributed by atoms with Crippen LogP contribution in [-0.2, 0) is 11.3 Å². The van der Waals surface area contributed by atoms with E-state index < -0.39 is 0 Å². The van der Waals surface area contributed by atoms with Gasteiger partial charge in [0.25, 0.3) is 5.56 Å². The SMILES string of the molecule is O=C(Cn1nc(-c2ccccc2Cl)ccc1=O)Nc1nccs1. The first-order chi connectivity index (χ1) is 11.1. The molecule has 0 saturated carbocycles. The third-order valence-corrected chi connectivity index (χ3v) is 4.01. The Kier molecular flexibility index (Phi) is 4.50. The third kappa shape index (κ3) is 3.64. The van der Waals surface area contributed by atoms with E-state index in [0.29, 0.717) is 21.4 Å². The first-order valence-electron chi connectivity index (χ1n) is 6.66. The predicted octanol–water partition coefficient (Wildman–Crippen LogP) is 2.66. The summed E-state index contributed by atoms with van der Waals surface area (Å²) in [6, 6.07) is 10.1. The second kappa shape index (κ2) is 6.72. The predicted molar refractivity (Wildman–Crippen MR) is 89.7 cm³/mol. The maximum atomic E-state index is 12.0. The number of nitrogens with zero attached hydrogens (tertiary/aromatic N) is 3. The third-order valence-electron chi connectivity index (χ3n) is 2.99. The van der Waals surface area contributed by atoms with E-state index in [1.165, 1.54) is 17.4 Å². The van der Waals surface area contributed by atoms with Gasteiger partial charge in [0.15, 0.2) is 5.13 Å². The Labute approximate surface area is 140 Å². The van der Waals surface area contributed by atoms with Gasteiger partial charge in [-0.15, -0.1) is 11.3 Å². The minimum atomic E-state index is -0.370. The minimum absolute atomic E-state index is 0.198. The second-order valence-corrected chi connectivity index (χ2v) is 5.88. The van der Waals surface area contributed by atoms with E-state index >= 15 is 0 Å². The van der Waals surface area contributed by atoms with Crippen LogP contribution in [0.15, 0.2) is 52.8 Å². The summed E-state index contributed by atoms with van der Waals surface area (Å²) < 4.78 is 1.10. The van der Waals surface area contributed by atoms with Crippen molar-refractivity contribution >= 4 is 34.0 Å². The molecule has 0 aliphatic rings. The normalized spacial score (nSPS) is 10.5. The number of thiazole rings is 1. The van der Waals surface area contributed by atoms with Crippen LogP contribution in [0.2, 0.25) is 5.02 Å². The number of carbonyl (C=O) groups excluding carboxylic acids is 1. The molecule has 0 aliphatic heterocycles. The summed E-state index contributed by atoms with van der Waals surface area (Å²) in [6.07, 6.45) is 1.59. The van der Waals surface area contributed by atoms with Crippen molar-refractivity contribution in [2.45, 2.75) is 6.54 Å². The van der Waals surface area contributed by atoms with Gasteiger partial charge in [0.2, 0.25) is 5.91 Å². The van der Waals surface area contributed by atoms with Gasteiger partial charge in [-0.1, -0.05) is 29.8 Å². The van der Waals surface area contributed by atoms with E-state index in [0.717, 1.165) is 4.68 Å². The number of carbonyl (C=O) groups is 1. The maximum Gasteiger partial charge on any atom is 0.267 e. The smallest absolute Gasteiger partial charge is 0.267 e.